The lowest BCUT2D eigenvalue weighted by atomic mass is 9.43. The van der Waals surface area contributed by atoms with Crippen molar-refractivity contribution in [1.29, 1.82) is 0 Å². The average molecular weight is 570 g/mol. The monoisotopic (exact) mass is 569 g/mol. The van der Waals surface area contributed by atoms with Gasteiger partial charge < -0.3 is 20.6 Å². The highest BCUT2D eigenvalue weighted by atomic mass is 19.1. The number of hydrogen-bond donors (Lipinski definition) is 3. The number of benzene rings is 1. The van der Waals surface area contributed by atoms with Crippen molar-refractivity contribution in [1.82, 2.24) is 20.0 Å². The van der Waals surface area contributed by atoms with Gasteiger partial charge in [-0.05, 0) is 92.4 Å². The summed E-state index contributed by atoms with van der Waals surface area (Å²) in [6.45, 7) is 10.8. The van der Waals surface area contributed by atoms with E-state index in [1.54, 1.807) is 6.07 Å². The number of β-amino-alcohol motifs (C(OH)–C–C–N with tert-alkyl or cyclic N) is 1. The molecule has 3 amide bonds. The van der Waals surface area contributed by atoms with Crippen LogP contribution >= 0.6 is 0 Å². The molecule has 2 aliphatic heterocycles. The van der Waals surface area contributed by atoms with Crippen molar-refractivity contribution in [2.45, 2.75) is 77.3 Å². The van der Waals surface area contributed by atoms with Crippen LogP contribution in [0.25, 0.3) is 0 Å². The Bertz CT molecular complexity index is 1140. The molecule has 41 heavy (non-hydrogen) atoms. The second-order valence-electron chi connectivity index (χ2n) is 14.8. The molecule has 9 heteroatoms. The molecule has 7 rings (SSSR count). The van der Waals surface area contributed by atoms with E-state index >= 15 is 4.39 Å². The minimum Gasteiger partial charge on any atom is -0.395 e. The van der Waals surface area contributed by atoms with Crippen LogP contribution in [-0.2, 0) is 11.3 Å². The Balaban J connectivity index is 1.02. The third-order valence-corrected chi connectivity index (χ3v) is 10.6. The number of piperazine rings is 1. The van der Waals surface area contributed by atoms with Gasteiger partial charge >= 0.3 is 6.03 Å². The fraction of sp³-hybridized carbons (Fsp3) is 0.750. The summed E-state index contributed by atoms with van der Waals surface area (Å²) in [4.78, 5) is 32.7. The molecule has 2 saturated heterocycles. The van der Waals surface area contributed by atoms with Crippen LogP contribution in [0.5, 0.6) is 0 Å². The number of aliphatic hydroxyl groups is 1. The third kappa shape index (κ3) is 6.27. The van der Waals surface area contributed by atoms with Gasteiger partial charge in [0.15, 0.2) is 0 Å². The number of nitrogens with zero attached hydrogens (tertiary/aromatic N) is 3. The molecule has 0 spiro atoms. The number of aliphatic hydroxyl groups excluding tert-OH is 1. The van der Waals surface area contributed by atoms with Gasteiger partial charge in [-0.3, -0.25) is 14.6 Å². The predicted octanol–water partition coefficient (Wildman–Crippen LogP) is 4.04. The van der Waals surface area contributed by atoms with Gasteiger partial charge in [0.2, 0.25) is 5.91 Å². The van der Waals surface area contributed by atoms with Gasteiger partial charge in [-0.15, -0.1) is 0 Å². The van der Waals surface area contributed by atoms with Gasteiger partial charge in [0.05, 0.1) is 18.2 Å². The van der Waals surface area contributed by atoms with E-state index in [0.717, 1.165) is 57.3 Å². The molecule has 4 aliphatic carbocycles. The smallest absolute Gasteiger partial charge is 0.319 e. The van der Waals surface area contributed by atoms with Crippen LogP contribution < -0.4 is 10.6 Å². The predicted molar refractivity (Wildman–Crippen MR) is 157 cm³/mol. The lowest BCUT2D eigenvalue weighted by Gasteiger charge is -2.65. The number of rotatable bonds is 7. The molecule has 0 radical (unpaired) electrons. The first-order chi connectivity index (χ1) is 19.5. The number of carbonyl (C=O) groups is 2. The maximum Gasteiger partial charge on any atom is 0.319 e. The van der Waals surface area contributed by atoms with Crippen LogP contribution in [0.3, 0.4) is 0 Å². The molecular formula is C32H48FN5O3. The standard InChI is InChI=1S/C32H48FN5O3/c1-30-15-24-16-31(2,20-30)22-32(17-24,21-30)35-29(41)34-27-6-5-23(14-26(27)33)18-37-7-3-4-25(19-37)28(40)38-10-8-36(9-11-38)12-13-39/h5-6,14,24-25,39H,3-4,7-13,15-22H2,1-2H3,(H2,34,35,41)/t24?,25-,30-,31+,32?/m0/s1. The van der Waals surface area contributed by atoms with Gasteiger partial charge in [0, 0.05) is 51.4 Å². The Morgan fingerprint density at radius 3 is 2.39 bits per heavy atom. The van der Waals surface area contributed by atoms with Crippen LogP contribution in [0.2, 0.25) is 0 Å². The molecule has 8 nitrogen and oxygen atoms in total. The largest absolute Gasteiger partial charge is 0.395 e. The Morgan fingerprint density at radius 1 is 1.00 bits per heavy atom. The zero-order chi connectivity index (χ0) is 28.8. The summed E-state index contributed by atoms with van der Waals surface area (Å²) in [5.41, 5.74) is 1.46. The highest BCUT2D eigenvalue weighted by Crippen LogP contribution is 2.66. The first-order valence-electron chi connectivity index (χ1n) is 15.8. The highest BCUT2D eigenvalue weighted by molar-refractivity contribution is 5.90. The van der Waals surface area contributed by atoms with Crippen molar-refractivity contribution in [3.05, 3.63) is 29.6 Å². The van der Waals surface area contributed by atoms with E-state index < -0.39 is 5.82 Å². The molecule has 3 N–H and O–H groups in total. The molecule has 0 aromatic heterocycles. The van der Waals surface area contributed by atoms with Crippen LogP contribution in [0.15, 0.2) is 18.2 Å². The number of halogens is 1. The zero-order valence-corrected chi connectivity index (χ0v) is 24.9. The fourth-order valence-corrected chi connectivity index (χ4v) is 9.99. The maximum atomic E-state index is 15.2. The van der Waals surface area contributed by atoms with Gasteiger partial charge in [0.1, 0.15) is 5.82 Å². The lowest BCUT2D eigenvalue weighted by Crippen LogP contribution is -2.65. The average Bonchev–Trinajstić information content (AvgIpc) is 2.88. The number of carbonyl (C=O) groups excluding carboxylic acids is 2. The van der Waals surface area contributed by atoms with Crippen molar-refractivity contribution < 1.29 is 19.1 Å². The fourth-order valence-electron chi connectivity index (χ4n) is 9.99. The second kappa shape index (κ2) is 11.1. The lowest BCUT2D eigenvalue weighted by molar-refractivity contribution is -0.139. The topological polar surface area (TPSA) is 88.2 Å². The molecule has 6 fully saturated rings. The maximum absolute atomic E-state index is 15.2. The molecule has 2 unspecified atom stereocenters. The van der Waals surface area contributed by atoms with Crippen LogP contribution in [-0.4, -0.2) is 89.7 Å². The van der Waals surface area contributed by atoms with Crippen molar-refractivity contribution >= 4 is 17.6 Å². The number of nitrogens with one attached hydrogen (secondary N) is 2. The van der Waals surface area contributed by atoms with E-state index in [4.69, 9.17) is 5.11 Å². The van der Waals surface area contributed by atoms with E-state index in [-0.39, 0.29) is 35.7 Å². The molecule has 1 aromatic carbocycles. The SMILES string of the molecule is C[C@]12CC3CC(NC(=O)Nc4ccc(CN5CCC[C@H](C(=O)N6CCN(CCO)CC6)C5)cc4F)(C1)C[C@@](C)(C3)C2. The van der Waals surface area contributed by atoms with Crippen LogP contribution in [0.1, 0.15) is 70.8 Å². The number of hydrogen-bond acceptors (Lipinski definition) is 5. The molecule has 1 aromatic rings. The van der Waals surface area contributed by atoms with E-state index in [1.165, 1.54) is 25.3 Å². The highest BCUT2D eigenvalue weighted by Gasteiger charge is 2.60. The number of piperidine rings is 1. The minimum absolute atomic E-state index is 0.0308. The third-order valence-electron chi connectivity index (χ3n) is 10.6. The summed E-state index contributed by atoms with van der Waals surface area (Å²) < 4.78 is 15.2. The van der Waals surface area contributed by atoms with Crippen LogP contribution in [0.4, 0.5) is 14.9 Å². The van der Waals surface area contributed by atoms with Crippen LogP contribution in [0, 0.1) is 28.5 Å². The van der Waals surface area contributed by atoms with Gasteiger partial charge in [-0.1, -0.05) is 19.9 Å². The van der Waals surface area contributed by atoms with Gasteiger partial charge in [0.25, 0.3) is 0 Å². The van der Waals surface area contributed by atoms with E-state index in [0.29, 0.717) is 49.5 Å². The summed E-state index contributed by atoms with van der Waals surface area (Å²) in [5.74, 6) is 0.436. The Kier molecular flexibility index (Phi) is 7.83. The summed E-state index contributed by atoms with van der Waals surface area (Å²) >= 11 is 0. The normalized spacial score (nSPS) is 35.5. The van der Waals surface area contributed by atoms with Crippen molar-refractivity contribution in [2.75, 3.05) is 57.7 Å². The number of amides is 3. The first-order valence-corrected chi connectivity index (χ1v) is 15.8. The van der Waals surface area contributed by atoms with Crippen molar-refractivity contribution in [3.63, 3.8) is 0 Å². The molecule has 4 bridgehead atoms. The molecule has 5 atom stereocenters. The first kappa shape index (κ1) is 28.9. The summed E-state index contributed by atoms with van der Waals surface area (Å²) in [5, 5.41) is 15.3. The summed E-state index contributed by atoms with van der Waals surface area (Å²) in [6.07, 6.45) is 8.66. The Labute approximate surface area is 244 Å². The van der Waals surface area contributed by atoms with Gasteiger partial charge in [-0.25, -0.2) is 9.18 Å². The molecule has 226 valence electrons. The van der Waals surface area contributed by atoms with Crippen molar-refractivity contribution in [3.8, 4) is 0 Å². The van der Waals surface area contributed by atoms with Gasteiger partial charge in [-0.2, -0.15) is 0 Å². The number of urea groups is 1. The summed E-state index contributed by atoms with van der Waals surface area (Å²) in [7, 11) is 0. The minimum atomic E-state index is -0.424. The Hall–Kier alpha value is -2.23. The molecular weight excluding hydrogens is 521 g/mol. The van der Waals surface area contributed by atoms with Crippen molar-refractivity contribution in [2.24, 2.45) is 22.7 Å². The van der Waals surface area contributed by atoms with E-state index in [1.807, 2.05) is 11.0 Å². The summed E-state index contributed by atoms with van der Waals surface area (Å²) in [6, 6.07) is 4.77. The quantitative estimate of drug-likeness (QED) is 0.461. The molecule has 6 aliphatic rings. The van der Waals surface area contributed by atoms with E-state index in [2.05, 4.69) is 34.3 Å². The number of anilines is 1. The van der Waals surface area contributed by atoms with E-state index in [9.17, 15) is 9.59 Å². The second-order valence-corrected chi connectivity index (χ2v) is 14.8. The molecule has 2 heterocycles. The zero-order valence-electron chi connectivity index (χ0n) is 24.9. The number of likely N-dealkylation sites (tertiary alicyclic amines) is 1. The Morgan fingerprint density at radius 2 is 1.73 bits per heavy atom. The molecule has 4 saturated carbocycles.